The van der Waals surface area contributed by atoms with Crippen molar-refractivity contribution in [2.24, 2.45) is 0 Å². The third-order valence-electron chi connectivity index (χ3n) is 4.26. The molecule has 11 heteroatoms. The van der Waals surface area contributed by atoms with Crippen LogP contribution in [0.25, 0.3) is 5.69 Å². The number of benzene rings is 2. The first-order valence-corrected chi connectivity index (χ1v) is 9.46. The van der Waals surface area contributed by atoms with Gasteiger partial charge in [-0.3, -0.25) is 19.7 Å². The average Bonchev–Trinajstić information content (AvgIpc) is 3.21. The van der Waals surface area contributed by atoms with E-state index in [0.29, 0.717) is 5.69 Å². The van der Waals surface area contributed by atoms with E-state index in [1.54, 1.807) is 30.3 Å². The van der Waals surface area contributed by atoms with Crippen LogP contribution in [0.2, 0.25) is 0 Å². The predicted molar refractivity (Wildman–Crippen MR) is 114 cm³/mol. The Hall–Kier alpha value is -4.72. The van der Waals surface area contributed by atoms with E-state index in [2.05, 4.69) is 15.7 Å². The topological polar surface area (TPSA) is 152 Å². The van der Waals surface area contributed by atoms with E-state index in [1.807, 2.05) is 12.1 Å². The highest BCUT2D eigenvalue weighted by Crippen LogP contribution is 2.23. The third-order valence-corrected chi connectivity index (χ3v) is 4.26. The molecular formula is C21H18N6O5. The number of nitrogens with zero attached hydrogens (tertiary/aromatic N) is 4. The predicted octanol–water partition coefficient (Wildman–Crippen LogP) is 2.64. The van der Waals surface area contributed by atoms with Gasteiger partial charge in [-0.25, -0.2) is 4.68 Å². The van der Waals surface area contributed by atoms with Gasteiger partial charge in [0.15, 0.2) is 12.4 Å². The van der Waals surface area contributed by atoms with E-state index in [1.165, 1.54) is 29.1 Å². The molecule has 1 amide bonds. The molecule has 2 N–H and O–H groups in total. The highest BCUT2D eigenvalue weighted by molar-refractivity contribution is 5.93. The number of aromatic nitrogens is 2. The lowest BCUT2D eigenvalue weighted by Crippen LogP contribution is -2.23. The molecule has 0 radical (unpaired) electrons. The fraction of sp³-hybridized carbons (Fsp3) is 0.143. The van der Waals surface area contributed by atoms with Crippen molar-refractivity contribution in [2.45, 2.75) is 6.42 Å². The van der Waals surface area contributed by atoms with Crippen molar-refractivity contribution in [3.05, 3.63) is 76.5 Å². The van der Waals surface area contributed by atoms with Gasteiger partial charge in [-0.1, -0.05) is 30.3 Å². The lowest BCUT2D eigenvalue weighted by molar-refractivity contribution is -0.384. The minimum absolute atomic E-state index is 0.0880. The number of amides is 1. The molecule has 32 heavy (non-hydrogen) atoms. The van der Waals surface area contributed by atoms with Crippen molar-refractivity contribution < 1.29 is 19.2 Å². The molecular weight excluding hydrogens is 416 g/mol. The van der Waals surface area contributed by atoms with Crippen LogP contribution in [0, 0.1) is 21.4 Å². The lowest BCUT2D eigenvalue weighted by atomic mass is 10.2. The summed E-state index contributed by atoms with van der Waals surface area (Å²) < 4.78 is 6.35. The summed E-state index contributed by atoms with van der Waals surface area (Å²) in [7, 11) is 0. The second-order valence-electron chi connectivity index (χ2n) is 6.43. The monoisotopic (exact) mass is 434 g/mol. The zero-order chi connectivity index (χ0) is 22.9. The Kier molecular flexibility index (Phi) is 7.11. The van der Waals surface area contributed by atoms with E-state index in [0.717, 1.165) is 0 Å². The summed E-state index contributed by atoms with van der Waals surface area (Å²) in [4.78, 5) is 34.6. The van der Waals surface area contributed by atoms with Crippen LogP contribution in [-0.2, 0) is 14.3 Å². The molecule has 3 rings (SSSR count). The molecule has 2 aromatic carbocycles. The number of ether oxygens (including phenoxy) is 1. The van der Waals surface area contributed by atoms with Crippen LogP contribution in [0.1, 0.15) is 12.0 Å². The summed E-state index contributed by atoms with van der Waals surface area (Å²) in [5, 5.41) is 29.7. The number of esters is 1. The second-order valence-corrected chi connectivity index (χ2v) is 6.43. The van der Waals surface area contributed by atoms with E-state index in [9.17, 15) is 25.0 Å². The molecule has 1 aromatic heterocycles. The fourth-order valence-corrected chi connectivity index (χ4v) is 2.78. The number of para-hydroxylation sites is 3. The van der Waals surface area contributed by atoms with Crippen molar-refractivity contribution in [3.8, 4) is 11.8 Å². The molecule has 0 bridgehead atoms. The van der Waals surface area contributed by atoms with Gasteiger partial charge < -0.3 is 15.4 Å². The van der Waals surface area contributed by atoms with E-state index >= 15 is 0 Å². The SMILES string of the molecule is N#Cc1cnn(-c2ccccc2)c1NC(=O)COC(=O)CCNc1ccccc1[N+](=O)[O-]. The number of rotatable bonds is 9. The number of carbonyl (C=O) groups excluding carboxylic acids is 2. The normalized spacial score (nSPS) is 10.1. The minimum atomic E-state index is -0.664. The van der Waals surface area contributed by atoms with Crippen molar-refractivity contribution in [1.29, 1.82) is 5.26 Å². The first-order valence-electron chi connectivity index (χ1n) is 9.46. The highest BCUT2D eigenvalue weighted by Gasteiger charge is 2.17. The van der Waals surface area contributed by atoms with E-state index in [4.69, 9.17) is 4.74 Å². The maximum absolute atomic E-state index is 12.3. The number of carbonyl (C=O) groups is 2. The van der Waals surface area contributed by atoms with Gasteiger partial charge in [-0.05, 0) is 18.2 Å². The van der Waals surface area contributed by atoms with Crippen molar-refractivity contribution >= 4 is 29.1 Å². The smallest absolute Gasteiger partial charge is 0.308 e. The highest BCUT2D eigenvalue weighted by atomic mass is 16.6. The molecule has 0 fully saturated rings. The molecule has 162 valence electrons. The molecule has 3 aromatic rings. The minimum Gasteiger partial charge on any atom is -0.456 e. The number of hydrogen-bond acceptors (Lipinski definition) is 8. The van der Waals surface area contributed by atoms with Crippen molar-refractivity contribution in [1.82, 2.24) is 9.78 Å². The number of anilines is 2. The maximum atomic E-state index is 12.3. The van der Waals surface area contributed by atoms with Crippen LogP contribution in [0.15, 0.2) is 60.8 Å². The molecule has 11 nitrogen and oxygen atoms in total. The Labute approximate surface area is 182 Å². The largest absolute Gasteiger partial charge is 0.456 e. The molecule has 1 heterocycles. The molecule has 0 atom stereocenters. The van der Waals surface area contributed by atoms with E-state index in [-0.39, 0.29) is 35.7 Å². The van der Waals surface area contributed by atoms with Gasteiger partial charge in [-0.15, -0.1) is 0 Å². The number of nitro benzene ring substituents is 1. The van der Waals surface area contributed by atoms with Crippen LogP contribution in [-0.4, -0.2) is 39.7 Å². The van der Waals surface area contributed by atoms with Gasteiger partial charge in [0.2, 0.25) is 0 Å². The van der Waals surface area contributed by atoms with E-state index < -0.39 is 23.4 Å². The summed E-state index contributed by atoms with van der Waals surface area (Å²) in [6, 6.07) is 16.9. The summed E-state index contributed by atoms with van der Waals surface area (Å²) >= 11 is 0. The molecule has 0 aliphatic heterocycles. The number of nitro groups is 1. The Morgan fingerprint density at radius 2 is 1.88 bits per heavy atom. The standard InChI is InChI=1S/C21H18N6O5/c22-12-15-13-24-26(16-6-2-1-3-7-16)21(15)25-19(28)14-32-20(29)10-11-23-17-8-4-5-9-18(17)27(30)31/h1-9,13,23H,10-11,14H2,(H,25,28). The molecule has 0 spiro atoms. The molecule has 0 aliphatic carbocycles. The quantitative estimate of drug-likeness (QED) is 0.296. The number of nitrogens with one attached hydrogen (secondary N) is 2. The number of hydrogen-bond donors (Lipinski definition) is 2. The van der Waals surface area contributed by atoms with Crippen LogP contribution in [0.4, 0.5) is 17.2 Å². The van der Waals surface area contributed by atoms with Gasteiger partial charge in [0.25, 0.3) is 11.6 Å². The maximum Gasteiger partial charge on any atom is 0.308 e. The molecule has 0 saturated carbocycles. The Morgan fingerprint density at radius 1 is 1.16 bits per heavy atom. The van der Waals surface area contributed by atoms with Gasteiger partial charge in [0.1, 0.15) is 17.3 Å². The lowest BCUT2D eigenvalue weighted by Gasteiger charge is -2.10. The first-order chi connectivity index (χ1) is 15.5. The summed E-state index contributed by atoms with van der Waals surface area (Å²) in [6.45, 7) is -0.472. The first kappa shape index (κ1) is 22.0. The van der Waals surface area contributed by atoms with Crippen molar-refractivity contribution in [2.75, 3.05) is 23.8 Å². The number of nitriles is 1. The van der Waals surface area contributed by atoms with Crippen LogP contribution >= 0.6 is 0 Å². The van der Waals surface area contributed by atoms with Gasteiger partial charge >= 0.3 is 5.97 Å². The Bertz CT molecular complexity index is 1170. The van der Waals surface area contributed by atoms with Gasteiger partial charge in [0, 0.05) is 12.6 Å². The van der Waals surface area contributed by atoms with Crippen LogP contribution in [0.5, 0.6) is 0 Å². The third kappa shape index (κ3) is 5.45. The molecule has 0 unspecified atom stereocenters. The summed E-state index contributed by atoms with van der Waals surface area (Å²) in [5.41, 5.74) is 0.967. The zero-order valence-corrected chi connectivity index (χ0v) is 16.7. The second kappa shape index (κ2) is 10.4. The van der Waals surface area contributed by atoms with Crippen molar-refractivity contribution in [3.63, 3.8) is 0 Å². The Balaban J connectivity index is 1.52. The average molecular weight is 434 g/mol. The van der Waals surface area contributed by atoms with Gasteiger partial charge in [0.05, 0.1) is 23.2 Å². The van der Waals surface area contributed by atoms with Crippen LogP contribution in [0.3, 0.4) is 0 Å². The van der Waals surface area contributed by atoms with Gasteiger partial charge in [-0.2, -0.15) is 10.4 Å². The molecule has 0 saturated heterocycles. The van der Waals surface area contributed by atoms with Crippen LogP contribution < -0.4 is 10.6 Å². The zero-order valence-electron chi connectivity index (χ0n) is 16.7. The fourth-order valence-electron chi connectivity index (χ4n) is 2.78. The molecule has 0 aliphatic rings. The Morgan fingerprint density at radius 3 is 2.59 bits per heavy atom. The summed E-state index contributed by atoms with van der Waals surface area (Å²) in [6.07, 6.45) is 1.22. The summed E-state index contributed by atoms with van der Waals surface area (Å²) in [5.74, 6) is -1.14.